The molecular weight excluding hydrogens is 243 g/mol. The van der Waals surface area contributed by atoms with E-state index in [1.165, 1.54) is 0 Å². The van der Waals surface area contributed by atoms with Gasteiger partial charge in [0.15, 0.2) is 23.3 Å². The number of hydrogen-bond donors (Lipinski definition) is 1. The second kappa shape index (κ2) is 5.11. The maximum Gasteiger partial charge on any atom is 0.200 e. The molecule has 0 fully saturated rings. The molecular formula is C10H9F5N2. The van der Waals surface area contributed by atoms with Crippen LogP contribution < -0.4 is 5.73 Å². The molecule has 0 saturated carbocycles. The lowest BCUT2D eigenvalue weighted by Crippen LogP contribution is -2.11. The average Bonchev–Trinajstić information content (AvgIpc) is 2.30. The number of hydrogen-bond acceptors (Lipinski definition) is 1. The van der Waals surface area contributed by atoms with E-state index >= 15 is 0 Å². The first-order valence-corrected chi connectivity index (χ1v) is 4.74. The molecule has 7 heteroatoms. The SMILES string of the molecule is CCCC(N)=Nc1c(F)c(F)c(F)c(F)c1F. The van der Waals surface area contributed by atoms with Crippen molar-refractivity contribution in [3.05, 3.63) is 29.1 Å². The lowest BCUT2D eigenvalue weighted by atomic mass is 10.2. The van der Waals surface area contributed by atoms with Crippen molar-refractivity contribution in [3.63, 3.8) is 0 Å². The summed E-state index contributed by atoms with van der Waals surface area (Å²) in [6.07, 6.45) is 0.726. The number of halogens is 5. The molecule has 1 aromatic rings. The molecule has 0 bridgehead atoms. The van der Waals surface area contributed by atoms with Crippen LogP contribution >= 0.6 is 0 Å². The van der Waals surface area contributed by atoms with E-state index in [0.717, 1.165) is 0 Å². The van der Waals surface area contributed by atoms with Crippen molar-refractivity contribution in [2.24, 2.45) is 10.7 Å². The molecule has 1 aromatic carbocycles. The zero-order valence-electron chi connectivity index (χ0n) is 8.83. The highest BCUT2D eigenvalue weighted by Gasteiger charge is 2.25. The summed E-state index contributed by atoms with van der Waals surface area (Å²) in [4.78, 5) is 3.21. The fourth-order valence-corrected chi connectivity index (χ4v) is 1.15. The molecule has 0 aromatic heterocycles. The lowest BCUT2D eigenvalue weighted by Gasteiger charge is -2.05. The van der Waals surface area contributed by atoms with Crippen LogP contribution in [0.5, 0.6) is 0 Å². The number of amidine groups is 1. The van der Waals surface area contributed by atoms with Crippen molar-refractivity contribution in [2.45, 2.75) is 19.8 Å². The third kappa shape index (κ3) is 2.54. The van der Waals surface area contributed by atoms with E-state index in [1.807, 2.05) is 0 Å². The summed E-state index contributed by atoms with van der Waals surface area (Å²) >= 11 is 0. The summed E-state index contributed by atoms with van der Waals surface area (Å²) in [7, 11) is 0. The van der Waals surface area contributed by atoms with Gasteiger partial charge in [0.1, 0.15) is 5.69 Å². The van der Waals surface area contributed by atoms with E-state index in [-0.39, 0.29) is 12.3 Å². The Morgan fingerprint density at radius 3 is 1.76 bits per heavy atom. The van der Waals surface area contributed by atoms with Crippen LogP contribution in [0, 0.1) is 29.1 Å². The predicted molar refractivity (Wildman–Crippen MR) is 52.4 cm³/mol. The molecule has 0 unspecified atom stereocenters. The summed E-state index contributed by atoms with van der Waals surface area (Å²) in [6.45, 7) is 1.72. The van der Waals surface area contributed by atoms with Gasteiger partial charge in [0.05, 0.1) is 5.84 Å². The molecule has 1 rings (SSSR count). The maximum atomic E-state index is 13.1. The van der Waals surface area contributed by atoms with Crippen molar-refractivity contribution in [3.8, 4) is 0 Å². The molecule has 2 nitrogen and oxygen atoms in total. The van der Waals surface area contributed by atoms with Gasteiger partial charge in [-0.25, -0.2) is 26.9 Å². The Balaban J connectivity index is 3.39. The highest BCUT2D eigenvalue weighted by Crippen LogP contribution is 2.29. The molecule has 94 valence electrons. The van der Waals surface area contributed by atoms with Crippen molar-refractivity contribution >= 4 is 11.5 Å². The van der Waals surface area contributed by atoms with Crippen LogP contribution in [-0.4, -0.2) is 5.84 Å². The zero-order valence-corrected chi connectivity index (χ0v) is 8.83. The second-order valence-electron chi connectivity index (χ2n) is 3.27. The quantitative estimate of drug-likeness (QED) is 0.290. The molecule has 0 aliphatic carbocycles. The summed E-state index contributed by atoms with van der Waals surface area (Å²) in [5.41, 5.74) is 4.01. The van der Waals surface area contributed by atoms with Gasteiger partial charge in [-0.05, 0) is 6.42 Å². The Labute approximate surface area is 94.0 Å². The first kappa shape index (κ1) is 13.4. The van der Waals surface area contributed by atoms with Crippen molar-refractivity contribution in [1.29, 1.82) is 0 Å². The summed E-state index contributed by atoms with van der Waals surface area (Å²) in [6, 6.07) is 0. The van der Waals surface area contributed by atoms with E-state index in [9.17, 15) is 22.0 Å². The van der Waals surface area contributed by atoms with E-state index in [0.29, 0.717) is 6.42 Å². The third-order valence-corrected chi connectivity index (χ3v) is 1.95. The Kier molecular flexibility index (Phi) is 4.03. The van der Waals surface area contributed by atoms with Crippen LogP contribution in [0.3, 0.4) is 0 Å². The predicted octanol–water partition coefficient (Wildman–Crippen LogP) is 3.17. The molecule has 17 heavy (non-hydrogen) atoms. The maximum absolute atomic E-state index is 13.1. The number of nitrogens with two attached hydrogens (primary N) is 1. The minimum absolute atomic E-state index is 0.194. The Morgan fingerprint density at radius 2 is 1.35 bits per heavy atom. The van der Waals surface area contributed by atoms with Crippen LogP contribution in [0.4, 0.5) is 27.6 Å². The van der Waals surface area contributed by atoms with Gasteiger partial charge in [-0.1, -0.05) is 6.92 Å². The van der Waals surface area contributed by atoms with E-state index in [1.54, 1.807) is 6.92 Å². The number of benzene rings is 1. The Hall–Kier alpha value is -1.66. The standard InChI is InChI=1S/C10H9F5N2/c1-2-3-4(16)17-10-8(14)6(12)5(11)7(13)9(10)15/h2-3H2,1H3,(H2,16,17). The van der Waals surface area contributed by atoms with Gasteiger partial charge >= 0.3 is 0 Å². The smallest absolute Gasteiger partial charge is 0.200 e. The Bertz CT molecular complexity index is 441. The van der Waals surface area contributed by atoms with E-state index in [4.69, 9.17) is 5.73 Å². The topological polar surface area (TPSA) is 38.4 Å². The third-order valence-electron chi connectivity index (χ3n) is 1.95. The van der Waals surface area contributed by atoms with Gasteiger partial charge in [0.2, 0.25) is 5.82 Å². The first-order valence-electron chi connectivity index (χ1n) is 4.74. The molecule has 0 radical (unpaired) electrons. The lowest BCUT2D eigenvalue weighted by molar-refractivity contribution is 0.381. The molecule has 0 aliphatic rings. The largest absolute Gasteiger partial charge is 0.387 e. The molecule has 0 atom stereocenters. The highest BCUT2D eigenvalue weighted by molar-refractivity contribution is 5.83. The highest BCUT2D eigenvalue weighted by atomic mass is 19.2. The van der Waals surface area contributed by atoms with Gasteiger partial charge in [0.25, 0.3) is 0 Å². The summed E-state index contributed by atoms with van der Waals surface area (Å²) < 4.78 is 64.5. The fraction of sp³-hybridized carbons (Fsp3) is 0.300. The fourth-order valence-electron chi connectivity index (χ4n) is 1.15. The molecule has 0 spiro atoms. The normalized spacial score (nSPS) is 12.0. The van der Waals surface area contributed by atoms with Crippen molar-refractivity contribution < 1.29 is 22.0 Å². The average molecular weight is 252 g/mol. The molecule has 0 heterocycles. The van der Waals surface area contributed by atoms with E-state index in [2.05, 4.69) is 4.99 Å². The minimum Gasteiger partial charge on any atom is -0.387 e. The van der Waals surface area contributed by atoms with Crippen molar-refractivity contribution in [2.75, 3.05) is 0 Å². The summed E-state index contributed by atoms with van der Waals surface area (Å²) in [5.74, 6) is -10.5. The van der Waals surface area contributed by atoms with Crippen LogP contribution in [0.15, 0.2) is 4.99 Å². The van der Waals surface area contributed by atoms with Crippen LogP contribution in [0.2, 0.25) is 0 Å². The van der Waals surface area contributed by atoms with Crippen LogP contribution in [-0.2, 0) is 0 Å². The van der Waals surface area contributed by atoms with E-state index < -0.39 is 34.8 Å². The van der Waals surface area contributed by atoms with Crippen LogP contribution in [0.25, 0.3) is 0 Å². The monoisotopic (exact) mass is 252 g/mol. The molecule has 2 N–H and O–H groups in total. The van der Waals surface area contributed by atoms with Gasteiger partial charge in [-0.3, -0.25) is 0 Å². The number of aliphatic imine (C=N–C) groups is 1. The zero-order chi connectivity index (χ0) is 13.2. The van der Waals surface area contributed by atoms with Gasteiger partial charge in [0, 0.05) is 6.42 Å². The van der Waals surface area contributed by atoms with Gasteiger partial charge in [-0.15, -0.1) is 0 Å². The van der Waals surface area contributed by atoms with Gasteiger partial charge in [-0.2, -0.15) is 0 Å². The minimum atomic E-state index is -2.21. The molecule has 0 amide bonds. The molecule has 0 saturated heterocycles. The molecule has 0 aliphatic heterocycles. The summed E-state index contributed by atoms with van der Waals surface area (Å²) in [5, 5.41) is 0. The number of rotatable bonds is 3. The van der Waals surface area contributed by atoms with Crippen molar-refractivity contribution in [1.82, 2.24) is 0 Å². The van der Waals surface area contributed by atoms with Crippen LogP contribution in [0.1, 0.15) is 19.8 Å². The van der Waals surface area contributed by atoms with Gasteiger partial charge < -0.3 is 5.73 Å². The first-order chi connectivity index (χ1) is 7.90. The Morgan fingerprint density at radius 1 is 0.941 bits per heavy atom. The second-order valence-corrected chi connectivity index (χ2v) is 3.27. The number of nitrogens with zero attached hydrogens (tertiary/aromatic N) is 1.